The second-order valence-electron chi connectivity index (χ2n) is 6.53. The summed E-state index contributed by atoms with van der Waals surface area (Å²) in [6, 6.07) is 3.57. The topological polar surface area (TPSA) is 86.5 Å². The van der Waals surface area contributed by atoms with Crippen LogP contribution in [0.4, 0.5) is 0 Å². The third kappa shape index (κ3) is 3.24. The van der Waals surface area contributed by atoms with Gasteiger partial charge < -0.3 is 19.2 Å². The zero-order chi connectivity index (χ0) is 17.4. The summed E-state index contributed by atoms with van der Waals surface area (Å²) in [5, 5.41) is 3.03. The van der Waals surface area contributed by atoms with Gasteiger partial charge in [0.25, 0.3) is 5.91 Å². The summed E-state index contributed by atoms with van der Waals surface area (Å²) in [5.74, 6) is 1.68. The van der Waals surface area contributed by atoms with Gasteiger partial charge in [-0.2, -0.15) is 0 Å². The van der Waals surface area contributed by atoms with Crippen LogP contribution >= 0.6 is 0 Å². The molecule has 2 fully saturated rings. The second-order valence-corrected chi connectivity index (χ2v) is 6.53. The van der Waals surface area contributed by atoms with Crippen LogP contribution in [-0.4, -0.2) is 35.6 Å². The largest absolute Gasteiger partial charge is 0.481 e. The Hall–Kier alpha value is -2.41. The lowest BCUT2D eigenvalue weighted by Crippen LogP contribution is -2.37. The Morgan fingerprint density at radius 3 is 2.84 bits per heavy atom. The van der Waals surface area contributed by atoms with Crippen molar-refractivity contribution < 1.29 is 18.7 Å². The number of hydrogen-bond acceptors (Lipinski definition) is 6. The maximum absolute atomic E-state index is 12.6. The minimum absolute atomic E-state index is 0.128. The number of nitrogens with one attached hydrogen (secondary N) is 1. The Labute approximate surface area is 145 Å². The van der Waals surface area contributed by atoms with Gasteiger partial charge in [0.05, 0.1) is 18.8 Å². The van der Waals surface area contributed by atoms with E-state index in [1.165, 1.54) is 0 Å². The molecule has 0 aromatic carbocycles. The number of aryl methyl sites for hydroxylation is 1. The van der Waals surface area contributed by atoms with E-state index < -0.39 is 0 Å². The molecule has 0 unspecified atom stereocenters. The number of methoxy groups -OCH3 is 1. The number of ether oxygens (including phenoxy) is 2. The molecule has 1 aliphatic heterocycles. The summed E-state index contributed by atoms with van der Waals surface area (Å²) in [5.41, 5.74) is 1.55. The van der Waals surface area contributed by atoms with Crippen LogP contribution in [-0.2, 0) is 4.74 Å². The van der Waals surface area contributed by atoms with E-state index >= 15 is 0 Å². The van der Waals surface area contributed by atoms with E-state index in [1.54, 1.807) is 26.3 Å². The molecule has 1 aliphatic carbocycles. The Kier molecular flexibility index (Phi) is 4.17. The number of oxazole rings is 1. The van der Waals surface area contributed by atoms with Gasteiger partial charge in [0, 0.05) is 30.4 Å². The van der Waals surface area contributed by atoms with Crippen molar-refractivity contribution in [1.29, 1.82) is 0 Å². The van der Waals surface area contributed by atoms with Crippen LogP contribution in [0, 0.1) is 6.92 Å². The minimum atomic E-state index is -0.237. The number of nitrogens with zero attached hydrogens (tertiary/aromatic N) is 2. The Morgan fingerprint density at radius 1 is 1.32 bits per heavy atom. The Morgan fingerprint density at radius 2 is 2.16 bits per heavy atom. The van der Waals surface area contributed by atoms with Crippen LogP contribution in [0.25, 0.3) is 0 Å². The van der Waals surface area contributed by atoms with E-state index in [4.69, 9.17) is 13.9 Å². The van der Waals surface area contributed by atoms with Crippen molar-refractivity contribution in [3.63, 3.8) is 0 Å². The number of rotatable bonds is 5. The van der Waals surface area contributed by atoms with Crippen molar-refractivity contribution in [2.45, 2.75) is 44.2 Å². The monoisotopic (exact) mass is 343 g/mol. The summed E-state index contributed by atoms with van der Waals surface area (Å²) in [6.07, 6.45) is 4.41. The average molecular weight is 343 g/mol. The van der Waals surface area contributed by atoms with Gasteiger partial charge in [-0.05, 0) is 32.3 Å². The van der Waals surface area contributed by atoms with Crippen LogP contribution < -0.4 is 10.1 Å². The smallest absolute Gasteiger partial charge is 0.289 e. The number of carbonyl (C=O) groups excluding carboxylic acids is 1. The molecule has 1 amide bonds. The van der Waals surface area contributed by atoms with E-state index in [1.807, 2.05) is 6.07 Å². The molecule has 2 aromatic heterocycles. The molecule has 2 atom stereocenters. The predicted molar refractivity (Wildman–Crippen MR) is 88.6 cm³/mol. The summed E-state index contributed by atoms with van der Waals surface area (Å²) in [7, 11) is 1.58. The number of carbonyl (C=O) groups is 1. The maximum Gasteiger partial charge on any atom is 0.289 e. The fourth-order valence-electron chi connectivity index (χ4n) is 3.11. The highest BCUT2D eigenvalue weighted by molar-refractivity contribution is 5.92. The molecule has 2 aliphatic rings. The lowest BCUT2D eigenvalue weighted by molar-refractivity contribution is 0.0798. The van der Waals surface area contributed by atoms with Crippen molar-refractivity contribution >= 4 is 5.91 Å². The lowest BCUT2D eigenvalue weighted by Gasteiger charge is -2.19. The summed E-state index contributed by atoms with van der Waals surface area (Å²) < 4.78 is 16.6. The van der Waals surface area contributed by atoms with Crippen LogP contribution in [0.5, 0.6) is 5.88 Å². The zero-order valence-corrected chi connectivity index (χ0v) is 14.3. The van der Waals surface area contributed by atoms with Crippen molar-refractivity contribution in [2.24, 2.45) is 0 Å². The highest BCUT2D eigenvalue weighted by Gasteiger charge is 2.34. The molecule has 3 heterocycles. The van der Waals surface area contributed by atoms with Gasteiger partial charge in [-0.25, -0.2) is 9.97 Å². The lowest BCUT2D eigenvalue weighted by atomic mass is 10.0. The third-order valence-corrected chi connectivity index (χ3v) is 4.65. The summed E-state index contributed by atoms with van der Waals surface area (Å²) in [4.78, 5) is 21.2. The van der Waals surface area contributed by atoms with E-state index in [0.29, 0.717) is 35.7 Å². The molecule has 0 radical (unpaired) electrons. The van der Waals surface area contributed by atoms with E-state index in [0.717, 1.165) is 24.8 Å². The van der Waals surface area contributed by atoms with Crippen LogP contribution in [0.15, 0.2) is 22.7 Å². The third-order valence-electron chi connectivity index (χ3n) is 4.65. The molecular weight excluding hydrogens is 322 g/mol. The quantitative estimate of drug-likeness (QED) is 0.898. The Bertz CT molecular complexity index is 767. The van der Waals surface area contributed by atoms with Crippen molar-refractivity contribution in [1.82, 2.24) is 15.3 Å². The molecular formula is C18H21N3O4. The van der Waals surface area contributed by atoms with Crippen molar-refractivity contribution in [3.05, 3.63) is 41.2 Å². The molecule has 1 saturated carbocycles. The first kappa shape index (κ1) is 16.1. The molecule has 132 valence electrons. The van der Waals surface area contributed by atoms with Gasteiger partial charge in [0.15, 0.2) is 5.89 Å². The molecule has 7 nitrogen and oxygen atoms in total. The number of aromatic nitrogens is 2. The first-order chi connectivity index (χ1) is 12.2. The minimum Gasteiger partial charge on any atom is -0.481 e. The zero-order valence-electron chi connectivity index (χ0n) is 14.3. The van der Waals surface area contributed by atoms with Crippen LogP contribution in [0.3, 0.4) is 0 Å². The standard InChI is InChI=1S/C18H21N3O4/c1-10-15(25-18(20-10)11-3-4-11)17(22)21-13-7-8-24-16(13)12-5-6-14(23-2)19-9-12/h5-6,9,11,13,16H,3-4,7-8H2,1-2H3,(H,21,22)/t13-,16+/m0/s1. The maximum atomic E-state index is 12.6. The molecule has 0 spiro atoms. The van der Waals surface area contributed by atoms with Gasteiger partial charge in [-0.3, -0.25) is 4.79 Å². The molecule has 1 N–H and O–H groups in total. The summed E-state index contributed by atoms with van der Waals surface area (Å²) >= 11 is 0. The molecule has 25 heavy (non-hydrogen) atoms. The van der Waals surface area contributed by atoms with Crippen LogP contribution in [0.2, 0.25) is 0 Å². The Balaban J connectivity index is 1.47. The van der Waals surface area contributed by atoms with Crippen molar-refractivity contribution in [2.75, 3.05) is 13.7 Å². The number of pyridine rings is 1. The van der Waals surface area contributed by atoms with Gasteiger partial charge in [0.1, 0.15) is 6.10 Å². The first-order valence-electron chi connectivity index (χ1n) is 8.55. The predicted octanol–water partition coefficient (Wildman–Crippen LogP) is 2.52. The normalized spacial score (nSPS) is 22.8. The van der Waals surface area contributed by atoms with Crippen molar-refractivity contribution in [3.8, 4) is 5.88 Å². The van der Waals surface area contributed by atoms with Gasteiger partial charge >= 0.3 is 0 Å². The summed E-state index contributed by atoms with van der Waals surface area (Å²) in [6.45, 7) is 2.39. The van der Waals surface area contributed by atoms with Crippen LogP contribution in [0.1, 0.15) is 59.0 Å². The van der Waals surface area contributed by atoms with E-state index in [-0.39, 0.29) is 18.1 Å². The molecule has 0 bridgehead atoms. The highest BCUT2D eigenvalue weighted by Crippen LogP contribution is 2.40. The SMILES string of the molecule is COc1ccc([C@H]2OCC[C@@H]2NC(=O)c2oc(C3CC3)nc2C)cn1. The van der Waals surface area contributed by atoms with Gasteiger partial charge in [0.2, 0.25) is 11.6 Å². The number of hydrogen-bond donors (Lipinski definition) is 1. The van der Waals surface area contributed by atoms with E-state index in [2.05, 4.69) is 15.3 Å². The fraction of sp³-hybridized carbons (Fsp3) is 0.500. The molecule has 2 aromatic rings. The average Bonchev–Trinajstić information content (AvgIpc) is 3.25. The second kappa shape index (κ2) is 6.48. The molecule has 4 rings (SSSR count). The molecule has 1 saturated heterocycles. The number of amides is 1. The van der Waals surface area contributed by atoms with E-state index in [9.17, 15) is 4.79 Å². The van der Waals surface area contributed by atoms with Gasteiger partial charge in [-0.1, -0.05) is 0 Å². The highest BCUT2D eigenvalue weighted by atomic mass is 16.5. The molecule has 7 heteroatoms. The van der Waals surface area contributed by atoms with Gasteiger partial charge in [-0.15, -0.1) is 0 Å². The fourth-order valence-corrected chi connectivity index (χ4v) is 3.11. The first-order valence-corrected chi connectivity index (χ1v) is 8.55.